The Morgan fingerprint density at radius 1 is 1.39 bits per heavy atom. The monoisotopic (exact) mass is 286 g/mol. The summed E-state index contributed by atoms with van der Waals surface area (Å²) in [5, 5.41) is 6.40. The largest absolute Gasteiger partial charge is 0.384 e. The standard InChI is InChI=1S/C10H11ClN4O2S/c11-8-3-1-2-4-9(8)18(16,17)14-6-7-5-13-15-10(7)12/h1-5,14H,6H2,(H3,12,13,15). The van der Waals surface area contributed by atoms with Crippen molar-refractivity contribution in [3.63, 3.8) is 0 Å². The number of sulfonamides is 1. The molecule has 18 heavy (non-hydrogen) atoms. The minimum absolute atomic E-state index is 0.0359. The Morgan fingerprint density at radius 2 is 2.11 bits per heavy atom. The number of H-pyrrole nitrogens is 1. The number of nitrogen functional groups attached to an aromatic ring is 1. The van der Waals surface area contributed by atoms with Crippen molar-refractivity contribution in [1.29, 1.82) is 0 Å². The van der Waals surface area contributed by atoms with Crippen LogP contribution in [-0.2, 0) is 16.6 Å². The van der Waals surface area contributed by atoms with Crippen molar-refractivity contribution in [2.75, 3.05) is 5.73 Å². The molecule has 0 spiro atoms. The molecule has 96 valence electrons. The van der Waals surface area contributed by atoms with E-state index in [-0.39, 0.29) is 16.5 Å². The number of hydrogen-bond acceptors (Lipinski definition) is 4. The van der Waals surface area contributed by atoms with Gasteiger partial charge in [-0.1, -0.05) is 23.7 Å². The number of hydrogen-bond donors (Lipinski definition) is 3. The Hall–Kier alpha value is -1.57. The lowest BCUT2D eigenvalue weighted by Gasteiger charge is -2.07. The van der Waals surface area contributed by atoms with Gasteiger partial charge in [0.1, 0.15) is 10.7 Å². The van der Waals surface area contributed by atoms with Crippen LogP contribution in [0.5, 0.6) is 0 Å². The molecule has 0 radical (unpaired) electrons. The fourth-order valence-corrected chi connectivity index (χ4v) is 2.90. The topological polar surface area (TPSA) is 101 Å². The zero-order valence-electron chi connectivity index (χ0n) is 9.22. The van der Waals surface area contributed by atoms with Crippen LogP contribution in [0, 0.1) is 0 Å². The summed E-state index contributed by atoms with van der Waals surface area (Å²) < 4.78 is 26.4. The summed E-state index contributed by atoms with van der Waals surface area (Å²) >= 11 is 5.84. The van der Waals surface area contributed by atoms with Gasteiger partial charge in [0.15, 0.2) is 0 Å². The van der Waals surface area contributed by atoms with Crippen LogP contribution in [0.1, 0.15) is 5.56 Å². The van der Waals surface area contributed by atoms with Crippen molar-refractivity contribution in [3.8, 4) is 0 Å². The number of anilines is 1. The van der Waals surface area contributed by atoms with E-state index in [1.54, 1.807) is 12.1 Å². The highest BCUT2D eigenvalue weighted by Gasteiger charge is 2.17. The Labute approximate surface area is 109 Å². The van der Waals surface area contributed by atoms with Gasteiger partial charge in [0.2, 0.25) is 10.0 Å². The summed E-state index contributed by atoms with van der Waals surface area (Å²) in [6, 6.07) is 6.22. The maximum Gasteiger partial charge on any atom is 0.242 e. The van der Waals surface area contributed by atoms with E-state index in [1.165, 1.54) is 18.3 Å². The van der Waals surface area contributed by atoms with Gasteiger partial charge >= 0.3 is 0 Å². The Morgan fingerprint density at radius 3 is 2.72 bits per heavy atom. The number of halogens is 1. The number of nitrogens with zero attached hydrogens (tertiary/aromatic N) is 1. The zero-order chi connectivity index (χ0) is 13.2. The molecular formula is C10H11ClN4O2S. The number of rotatable bonds is 4. The third-order valence-corrected chi connectivity index (χ3v) is 4.23. The predicted octanol–water partition coefficient (Wildman–Crippen LogP) is 1.12. The van der Waals surface area contributed by atoms with E-state index < -0.39 is 10.0 Å². The first-order valence-corrected chi connectivity index (χ1v) is 6.89. The number of aromatic amines is 1. The molecule has 0 fully saturated rings. The minimum atomic E-state index is -3.66. The Balaban J connectivity index is 2.19. The number of nitrogens with one attached hydrogen (secondary N) is 2. The van der Waals surface area contributed by atoms with Crippen LogP contribution in [-0.4, -0.2) is 18.6 Å². The number of benzene rings is 1. The van der Waals surface area contributed by atoms with E-state index >= 15 is 0 Å². The molecule has 2 rings (SSSR count). The summed E-state index contributed by atoms with van der Waals surface area (Å²) in [6.07, 6.45) is 1.46. The maximum atomic E-state index is 12.0. The van der Waals surface area contributed by atoms with E-state index in [0.29, 0.717) is 11.4 Å². The predicted molar refractivity (Wildman–Crippen MR) is 68.5 cm³/mol. The second-order valence-electron chi connectivity index (χ2n) is 3.56. The van der Waals surface area contributed by atoms with E-state index in [1.807, 2.05) is 0 Å². The summed E-state index contributed by atoms with van der Waals surface area (Å²) in [6.45, 7) is 0.0515. The quantitative estimate of drug-likeness (QED) is 0.784. The van der Waals surface area contributed by atoms with Gasteiger partial charge in [0, 0.05) is 12.1 Å². The summed E-state index contributed by atoms with van der Waals surface area (Å²) in [5.74, 6) is 0.330. The molecule has 1 heterocycles. The van der Waals surface area contributed by atoms with Crippen molar-refractivity contribution in [2.24, 2.45) is 0 Å². The van der Waals surface area contributed by atoms with Crippen LogP contribution in [0.3, 0.4) is 0 Å². The van der Waals surface area contributed by atoms with E-state index in [0.717, 1.165) is 0 Å². The molecule has 2 aromatic rings. The van der Waals surface area contributed by atoms with Crippen LogP contribution >= 0.6 is 11.6 Å². The fourth-order valence-electron chi connectivity index (χ4n) is 1.38. The van der Waals surface area contributed by atoms with Crippen molar-refractivity contribution >= 4 is 27.4 Å². The van der Waals surface area contributed by atoms with Crippen molar-refractivity contribution < 1.29 is 8.42 Å². The summed E-state index contributed by atoms with van der Waals surface area (Å²) in [7, 11) is -3.66. The van der Waals surface area contributed by atoms with Gasteiger partial charge in [-0.2, -0.15) is 5.10 Å². The van der Waals surface area contributed by atoms with Crippen LogP contribution < -0.4 is 10.5 Å². The Kier molecular flexibility index (Phi) is 3.55. The van der Waals surface area contributed by atoms with Gasteiger partial charge in [-0.3, -0.25) is 5.10 Å². The molecular weight excluding hydrogens is 276 g/mol. The van der Waals surface area contributed by atoms with Gasteiger partial charge in [-0.05, 0) is 12.1 Å². The lowest BCUT2D eigenvalue weighted by atomic mass is 10.3. The lowest BCUT2D eigenvalue weighted by Crippen LogP contribution is -2.23. The molecule has 1 aromatic heterocycles. The molecule has 0 aliphatic carbocycles. The molecule has 4 N–H and O–H groups in total. The van der Waals surface area contributed by atoms with Gasteiger partial charge in [-0.25, -0.2) is 13.1 Å². The summed E-state index contributed by atoms with van der Waals surface area (Å²) in [5.41, 5.74) is 6.13. The number of aromatic nitrogens is 2. The molecule has 6 nitrogen and oxygen atoms in total. The van der Waals surface area contributed by atoms with Gasteiger partial charge in [0.05, 0.1) is 11.2 Å². The number of nitrogens with two attached hydrogens (primary N) is 1. The van der Waals surface area contributed by atoms with Crippen LogP contribution in [0.4, 0.5) is 5.82 Å². The first-order valence-electron chi connectivity index (χ1n) is 5.02. The van der Waals surface area contributed by atoms with Gasteiger partial charge in [0.25, 0.3) is 0 Å². The van der Waals surface area contributed by atoms with Crippen molar-refractivity contribution in [1.82, 2.24) is 14.9 Å². The lowest BCUT2D eigenvalue weighted by molar-refractivity contribution is 0.581. The third-order valence-electron chi connectivity index (χ3n) is 2.33. The highest BCUT2D eigenvalue weighted by Crippen LogP contribution is 2.20. The molecule has 0 bridgehead atoms. The van der Waals surface area contributed by atoms with Gasteiger partial charge in [-0.15, -0.1) is 0 Å². The molecule has 0 saturated carbocycles. The zero-order valence-corrected chi connectivity index (χ0v) is 10.8. The molecule has 1 aromatic carbocycles. The molecule has 0 saturated heterocycles. The third kappa shape index (κ3) is 2.63. The van der Waals surface area contributed by atoms with Gasteiger partial charge < -0.3 is 5.73 Å². The van der Waals surface area contributed by atoms with Crippen LogP contribution in [0.15, 0.2) is 35.4 Å². The fraction of sp³-hybridized carbons (Fsp3) is 0.100. The molecule has 0 unspecified atom stereocenters. The first kappa shape index (κ1) is 12.9. The second kappa shape index (κ2) is 4.97. The van der Waals surface area contributed by atoms with Crippen molar-refractivity contribution in [3.05, 3.63) is 41.0 Å². The molecule has 0 aliphatic heterocycles. The molecule has 0 atom stereocenters. The highest BCUT2D eigenvalue weighted by atomic mass is 35.5. The van der Waals surface area contributed by atoms with Crippen LogP contribution in [0.25, 0.3) is 0 Å². The highest BCUT2D eigenvalue weighted by molar-refractivity contribution is 7.89. The maximum absolute atomic E-state index is 12.0. The van der Waals surface area contributed by atoms with E-state index in [4.69, 9.17) is 17.3 Å². The van der Waals surface area contributed by atoms with E-state index in [9.17, 15) is 8.42 Å². The average Bonchev–Trinajstić information content (AvgIpc) is 2.73. The minimum Gasteiger partial charge on any atom is -0.384 e. The van der Waals surface area contributed by atoms with Crippen LogP contribution in [0.2, 0.25) is 5.02 Å². The normalized spacial score (nSPS) is 11.6. The molecule has 8 heteroatoms. The van der Waals surface area contributed by atoms with E-state index in [2.05, 4.69) is 14.9 Å². The second-order valence-corrected chi connectivity index (χ2v) is 5.71. The van der Waals surface area contributed by atoms with Crippen molar-refractivity contribution in [2.45, 2.75) is 11.4 Å². The SMILES string of the molecule is Nc1[nH]ncc1CNS(=O)(=O)c1ccccc1Cl. The average molecular weight is 287 g/mol. The first-order chi connectivity index (χ1) is 8.50. The summed E-state index contributed by atoms with van der Waals surface area (Å²) in [4.78, 5) is 0.0359. The molecule has 0 aliphatic rings. The Bertz CT molecular complexity index is 653. The molecule has 0 amide bonds. The smallest absolute Gasteiger partial charge is 0.242 e.